The highest BCUT2D eigenvalue weighted by Gasteiger charge is 2.13. The predicted octanol–water partition coefficient (Wildman–Crippen LogP) is 2.81. The highest BCUT2D eigenvalue weighted by Crippen LogP contribution is 2.14. The summed E-state index contributed by atoms with van der Waals surface area (Å²) in [6.45, 7) is 0.396. The molecule has 0 unspecified atom stereocenters. The second-order valence-electron chi connectivity index (χ2n) is 7.36. The van der Waals surface area contributed by atoms with Crippen LogP contribution in [0.2, 0.25) is 0 Å². The first kappa shape index (κ1) is 22.1. The van der Waals surface area contributed by atoms with Crippen LogP contribution in [0, 0.1) is 11.6 Å². The Morgan fingerprint density at radius 3 is 2.73 bits per heavy atom. The molecule has 4 rings (SSSR count). The summed E-state index contributed by atoms with van der Waals surface area (Å²) in [5.41, 5.74) is 0.653. The van der Waals surface area contributed by atoms with Gasteiger partial charge in [-0.1, -0.05) is 12.1 Å². The number of amides is 1. The molecule has 1 N–H and O–H groups in total. The lowest BCUT2D eigenvalue weighted by atomic mass is 10.2. The fourth-order valence-corrected chi connectivity index (χ4v) is 3.42. The number of nitrogens with zero attached hydrogens (tertiary/aromatic N) is 4. The van der Waals surface area contributed by atoms with Crippen LogP contribution in [-0.4, -0.2) is 32.2 Å². The van der Waals surface area contributed by atoms with Gasteiger partial charge in [-0.3, -0.25) is 18.6 Å². The van der Waals surface area contributed by atoms with Gasteiger partial charge < -0.3 is 10.1 Å². The average Bonchev–Trinajstić information content (AvgIpc) is 3.24. The molecule has 0 saturated heterocycles. The van der Waals surface area contributed by atoms with Crippen LogP contribution in [-0.2, 0) is 17.8 Å². The van der Waals surface area contributed by atoms with Crippen LogP contribution < -0.4 is 15.6 Å². The lowest BCUT2D eigenvalue weighted by molar-refractivity contribution is -0.121. The maximum absolute atomic E-state index is 13.5. The van der Waals surface area contributed by atoms with Crippen molar-refractivity contribution < 1.29 is 18.3 Å². The smallest absolute Gasteiger partial charge is 0.300 e. The molecule has 10 heteroatoms. The highest BCUT2D eigenvalue weighted by molar-refractivity contribution is 5.75. The van der Waals surface area contributed by atoms with Gasteiger partial charge in [0, 0.05) is 37.8 Å². The van der Waals surface area contributed by atoms with Crippen LogP contribution >= 0.6 is 0 Å². The summed E-state index contributed by atoms with van der Waals surface area (Å²) >= 11 is 0. The fraction of sp³-hybridized carbons (Fsp3) is 0.217. The van der Waals surface area contributed by atoms with E-state index < -0.39 is 17.2 Å². The van der Waals surface area contributed by atoms with Crippen molar-refractivity contribution in [3.8, 4) is 11.4 Å². The van der Waals surface area contributed by atoms with E-state index in [1.165, 1.54) is 21.2 Å². The Morgan fingerprint density at radius 2 is 1.94 bits per heavy atom. The molecule has 0 atom stereocenters. The Hall–Kier alpha value is -4.08. The number of benzene rings is 2. The third kappa shape index (κ3) is 4.89. The molecule has 0 radical (unpaired) electrons. The van der Waals surface area contributed by atoms with Gasteiger partial charge in [0.2, 0.25) is 11.6 Å². The van der Waals surface area contributed by atoms with E-state index in [1.54, 1.807) is 13.3 Å². The van der Waals surface area contributed by atoms with Crippen molar-refractivity contribution in [3.05, 3.63) is 88.2 Å². The summed E-state index contributed by atoms with van der Waals surface area (Å²) in [5.74, 6) is -0.896. The van der Waals surface area contributed by atoms with Crippen LogP contribution in [0.5, 0.6) is 5.75 Å². The normalized spacial score (nSPS) is 11.0. The topological polar surface area (TPSA) is 90.5 Å². The lowest BCUT2D eigenvalue weighted by Gasteiger charge is -2.08. The number of hydrogen-bond acceptors (Lipinski definition) is 5. The summed E-state index contributed by atoms with van der Waals surface area (Å²) in [6, 6.07) is 10.6. The van der Waals surface area contributed by atoms with Gasteiger partial charge in [-0.05, 0) is 36.2 Å². The first-order chi connectivity index (χ1) is 16.0. The Bertz CT molecular complexity index is 1370. The van der Waals surface area contributed by atoms with E-state index in [-0.39, 0.29) is 23.7 Å². The standard InChI is InChI=1S/C23H21F2N5O3/c1-33-17-5-2-4-15(12-17)14-26-21(31)7-3-6-20-27-28-22-23(32)29(10-11-30(20)22)16-8-9-18(24)19(25)13-16/h2,4-5,8-13H,3,6-7,14H2,1H3,(H,26,31). The van der Waals surface area contributed by atoms with Gasteiger partial charge in [-0.2, -0.15) is 0 Å². The van der Waals surface area contributed by atoms with Gasteiger partial charge in [0.15, 0.2) is 11.6 Å². The second kappa shape index (κ2) is 9.60. The molecule has 0 bridgehead atoms. The predicted molar refractivity (Wildman–Crippen MR) is 116 cm³/mol. The van der Waals surface area contributed by atoms with Crippen LogP contribution in [0.25, 0.3) is 11.3 Å². The van der Waals surface area contributed by atoms with E-state index in [0.29, 0.717) is 25.2 Å². The zero-order valence-corrected chi connectivity index (χ0v) is 17.8. The number of ether oxygens (including phenoxy) is 1. The van der Waals surface area contributed by atoms with Crippen LogP contribution in [0.15, 0.2) is 59.7 Å². The minimum absolute atomic E-state index is 0.0553. The number of nitrogens with one attached hydrogen (secondary N) is 1. The van der Waals surface area contributed by atoms with Crippen molar-refractivity contribution in [3.63, 3.8) is 0 Å². The minimum Gasteiger partial charge on any atom is -0.497 e. The van der Waals surface area contributed by atoms with E-state index in [2.05, 4.69) is 15.5 Å². The molecule has 2 aromatic heterocycles. The number of carbonyl (C=O) groups excluding carboxylic acids is 1. The fourth-order valence-electron chi connectivity index (χ4n) is 3.42. The van der Waals surface area contributed by atoms with Crippen molar-refractivity contribution in [2.45, 2.75) is 25.8 Å². The summed E-state index contributed by atoms with van der Waals surface area (Å²) in [4.78, 5) is 24.9. The molecule has 4 aromatic rings. The third-order valence-electron chi connectivity index (χ3n) is 5.15. The van der Waals surface area contributed by atoms with Crippen LogP contribution in [0.4, 0.5) is 8.78 Å². The Balaban J connectivity index is 1.38. The van der Waals surface area contributed by atoms with Crippen molar-refractivity contribution in [1.82, 2.24) is 24.5 Å². The zero-order valence-electron chi connectivity index (χ0n) is 17.8. The van der Waals surface area contributed by atoms with Gasteiger partial charge >= 0.3 is 5.56 Å². The van der Waals surface area contributed by atoms with E-state index in [9.17, 15) is 18.4 Å². The zero-order chi connectivity index (χ0) is 23.4. The molecule has 0 fully saturated rings. The number of halogens is 2. The largest absolute Gasteiger partial charge is 0.497 e. The maximum Gasteiger partial charge on any atom is 0.300 e. The van der Waals surface area contributed by atoms with Crippen molar-refractivity contribution in [1.29, 1.82) is 0 Å². The van der Waals surface area contributed by atoms with Gasteiger partial charge in [0.25, 0.3) is 0 Å². The third-order valence-corrected chi connectivity index (χ3v) is 5.15. The summed E-state index contributed by atoms with van der Waals surface area (Å²) in [7, 11) is 1.59. The number of fused-ring (bicyclic) bond motifs is 1. The Morgan fingerprint density at radius 1 is 1.09 bits per heavy atom. The summed E-state index contributed by atoms with van der Waals surface area (Å²) in [6.07, 6.45) is 4.25. The molecular formula is C23H21F2N5O3. The van der Waals surface area contributed by atoms with Gasteiger partial charge in [0.1, 0.15) is 11.6 Å². The van der Waals surface area contributed by atoms with Crippen LogP contribution in [0.1, 0.15) is 24.2 Å². The van der Waals surface area contributed by atoms with E-state index in [1.807, 2.05) is 24.3 Å². The van der Waals surface area contributed by atoms with Crippen LogP contribution in [0.3, 0.4) is 0 Å². The Labute approximate surface area is 187 Å². The highest BCUT2D eigenvalue weighted by atomic mass is 19.2. The molecule has 8 nitrogen and oxygen atoms in total. The summed E-state index contributed by atoms with van der Waals surface area (Å²) in [5, 5.41) is 10.8. The van der Waals surface area contributed by atoms with E-state index >= 15 is 0 Å². The SMILES string of the molecule is COc1cccc(CNC(=O)CCCc2nnc3c(=O)n(-c4ccc(F)c(F)c4)ccn23)c1. The average molecular weight is 453 g/mol. The number of carbonyl (C=O) groups is 1. The molecule has 1 amide bonds. The van der Waals surface area contributed by atoms with Crippen molar-refractivity contribution in [2.75, 3.05) is 7.11 Å². The van der Waals surface area contributed by atoms with Gasteiger partial charge in [-0.25, -0.2) is 8.78 Å². The number of aryl methyl sites for hydroxylation is 1. The number of methoxy groups -OCH3 is 1. The van der Waals surface area contributed by atoms with E-state index in [0.717, 1.165) is 23.4 Å². The molecule has 33 heavy (non-hydrogen) atoms. The molecular weight excluding hydrogens is 432 g/mol. The minimum atomic E-state index is -1.05. The van der Waals surface area contributed by atoms with Gasteiger partial charge in [0.05, 0.1) is 12.8 Å². The molecule has 170 valence electrons. The molecule has 0 aliphatic rings. The summed E-state index contributed by atoms with van der Waals surface area (Å²) < 4.78 is 34.6. The number of aromatic nitrogens is 4. The molecule has 0 spiro atoms. The molecule has 0 aliphatic carbocycles. The quantitative estimate of drug-likeness (QED) is 0.443. The molecule has 2 aromatic carbocycles. The monoisotopic (exact) mass is 453 g/mol. The first-order valence-corrected chi connectivity index (χ1v) is 10.3. The second-order valence-corrected chi connectivity index (χ2v) is 7.36. The molecule has 0 aliphatic heterocycles. The lowest BCUT2D eigenvalue weighted by Crippen LogP contribution is -2.22. The van der Waals surface area contributed by atoms with Crippen molar-refractivity contribution in [2.24, 2.45) is 0 Å². The first-order valence-electron chi connectivity index (χ1n) is 10.3. The Kier molecular flexibility index (Phi) is 6.43. The van der Waals surface area contributed by atoms with E-state index in [4.69, 9.17) is 4.74 Å². The van der Waals surface area contributed by atoms with Gasteiger partial charge in [-0.15, -0.1) is 10.2 Å². The maximum atomic E-state index is 13.5. The number of rotatable bonds is 8. The molecule has 2 heterocycles. The molecule has 0 saturated carbocycles. The van der Waals surface area contributed by atoms with Crippen molar-refractivity contribution >= 4 is 11.6 Å². The number of hydrogen-bond donors (Lipinski definition) is 1.